The van der Waals surface area contributed by atoms with Gasteiger partial charge in [0, 0.05) is 18.9 Å². The van der Waals surface area contributed by atoms with E-state index in [1.165, 1.54) is 4.74 Å². The molecule has 0 radical (unpaired) electrons. The van der Waals surface area contributed by atoms with E-state index in [9.17, 15) is 9.90 Å². The molecule has 1 aromatic carbocycles. The van der Waals surface area contributed by atoms with Gasteiger partial charge in [-0.25, -0.2) is 4.79 Å². The first kappa shape index (κ1) is 13.4. The number of carbonyl (C=O) groups is 1. The van der Waals surface area contributed by atoms with Gasteiger partial charge < -0.3 is 9.84 Å². The Bertz CT molecular complexity index is 671. The lowest BCUT2D eigenvalue weighted by atomic mass is 10.1. The van der Waals surface area contributed by atoms with E-state index in [4.69, 9.17) is 9.57 Å². The maximum atomic E-state index is 12.0. The van der Waals surface area contributed by atoms with Gasteiger partial charge in [-0.1, -0.05) is 30.3 Å². The molecule has 5 heteroatoms. The van der Waals surface area contributed by atoms with E-state index in [0.717, 1.165) is 17.9 Å². The van der Waals surface area contributed by atoms with Crippen LogP contribution in [0.2, 0.25) is 0 Å². The number of aliphatic hydroxyl groups is 1. The van der Waals surface area contributed by atoms with E-state index >= 15 is 0 Å². The zero-order chi connectivity index (χ0) is 14.8. The summed E-state index contributed by atoms with van der Waals surface area (Å²) in [5.41, 5.74) is 1.53. The lowest BCUT2D eigenvalue weighted by Gasteiger charge is -1.99. The van der Waals surface area contributed by atoms with Crippen molar-refractivity contribution in [3.05, 3.63) is 53.6 Å². The van der Waals surface area contributed by atoms with Crippen LogP contribution in [-0.4, -0.2) is 28.1 Å². The molecule has 0 atom stereocenters. The lowest BCUT2D eigenvalue weighted by molar-refractivity contribution is -0.732. The van der Waals surface area contributed by atoms with Crippen LogP contribution in [0, 0.1) is 0 Å². The maximum Gasteiger partial charge on any atom is 0.431 e. The van der Waals surface area contributed by atoms with Crippen LogP contribution in [0.15, 0.2) is 48.1 Å². The molecule has 1 aliphatic carbocycles. The quantitative estimate of drug-likeness (QED) is 0.685. The Morgan fingerprint density at radius 3 is 2.76 bits per heavy atom. The van der Waals surface area contributed by atoms with Crippen LogP contribution < -0.4 is 0 Å². The highest BCUT2D eigenvalue weighted by molar-refractivity contribution is 6.17. The minimum Gasteiger partial charge on any atom is -0.498 e. The van der Waals surface area contributed by atoms with Crippen LogP contribution in [0.1, 0.15) is 25.3 Å². The molecule has 21 heavy (non-hydrogen) atoms. The molecule has 0 spiro atoms. The fourth-order valence-electron chi connectivity index (χ4n) is 2.45. The van der Waals surface area contributed by atoms with Gasteiger partial charge in [-0.15, -0.1) is 0 Å². The van der Waals surface area contributed by atoms with Gasteiger partial charge >= 0.3 is 11.9 Å². The fourth-order valence-corrected chi connectivity index (χ4v) is 2.45. The zero-order valence-electron chi connectivity index (χ0n) is 11.7. The predicted molar refractivity (Wildman–Crippen MR) is 76.3 cm³/mol. The van der Waals surface area contributed by atoms with Gasteiger partial charge in [0.15, 0.2) is 5.57 Å². The minimum absolute atomic E-state index is 0.171. The number of hydroxylamine groups is 1. The number of benzene rings is 1. The molecule has 1 N–H and O–H groups in total. The van der Waals surface area contributed by atoms with E-state index < -0.39 is 5.97 Å². The molecule has 0 saturated carbocycles. The average Bonchev–Trinajstić information content (AvgIpc) is 3.05. The van der Waals surface area contributed by atoms with Crippen molar-refractivity contribution < 1.29 is 24.2 Å². The number of hydrogen-bond donors (Lipinski definition) is 1. The van der Waals surface area contributed by atoms with Crippen LogP contribution >= 0.6 is 0 Å². The normalized spacial score (nSPS) is 21.6. The second-order valence-corrected chi connectivity index (χ2v) is 4.77. The van der Waals surface area contributed by atoms with Crippen LogP contribution in [0.4, 0.5) is 0 Å². The Labute approximate surface area is 122 Å². The molecule has 108 valence electrons. The average molecular weight is 286 g/mol. The minimum atomic E-state index is -0.551. The third-order valence-electron chi connectivity index (χ3n) is 3.40. The lowest BCUT2D eigenvalue weighted by Crippen LogP contribution is -2.15. The Hall–Kier alpha value is -2.56. The first-order valence-corrected chi connectivity index (χ1v) is 6.91. The molecular formula is C16H16NO4+. The summed E-state index contributed by atoms with van der Waals surface area (Å²) in [4.78, 5) is 17.2. The van der Waals surface area contributed by atoms with Crippen molar-refractivity contribution in [1.29, 1.82) is 0 Å². The Morgan fingerprint density at radius 1 is 1.29 bits per heavy atom. The highest BCUT2D eigenvalue weighted by atomic mass is 16.7. The first-order chi connectivity index (χ1) is 10.2. The summed E-state index contributed by atoms with van der Waals surface area (Å²) in [6, 6.07) is 8.99. The standard InChI is InChI=1S/C16H15NO4/c1-2-20-13-9-8-12(10-13)17-15(18)14(16(19)21-17)11-6-4-3-5-7-11/h3-7,10H,2,8-9H2,1H3/p+1/b17-12-. The van der Waals surface area contributed by atoms with Gasteiger partial charge in [0.1, 0.15) is 5.76 Å². The van der Waals surface area contributed by atoms with Gasteiger partial charge in [-0.05, 0) is 12.5 Å². The SMILES string of the molecule is CCOC1=C/C(=[N+]2\OC(=O)C(c3ccccc3)=C2O)CC1. The number of aliphatic hydroxyl groups excluding tert-OH is 1. The van der Waals surface area contributed by atoms with E-state index in [-0.39, 0.29) is 11.5 Å². The van der Waals surface area contributed by atoms with E-state index in [1.54, 1.807) is 30.3 Å². The van der Waals surface area contributed by atoms with Crippen LogP contribution in [0.25, 0.3) is 5.57 Å². The molecule has 0 aromatic heterocycles. The molecule has 0 saturated heterocycles. The summed E-state index contributed by atoms with van der Waals surface area (Å²) in [5.74, 6) is 0.115. The Kier molecular flexibility index (Phi) is 3.48. The maximum absolute atomic E-state index is 12.0. The van der Waals surface area contributed by atoms with Crippen molar-refractivity contribution in [2.75, 3.05) is 6.61 Å². The van der Waals surface area contributed by atoms with Crippen LogP contribution in [-0.2, 0) is 14.4 Å². The molecule has 1 aliphatic heterocycles. The third-order valence-corrected chi connectivity index (χ3v) is 3.40. The highest BCUT2D eigenvalue weighted by Gasteiger charge is 2.42. The Morgan fingerprint density at radius 2 is 2.05 bits per heavy atom. The zero-order valence-corrected chi connectivity index (χ0v) is 11.7. The van der Waals surface area contributed by atoms with Crippen molar-refractivity contribution in [1.82, 2.24) is 0 Å². The molecule has 5 nitrogen and oxygen atoms in total. The molecule has 2 aliphatic rings. The number of nitrogens with zero attached hydrogens (tertiary/aromatic N) is 1. The fraction of sp³-hybridized carbons (Fsp3) is 0.250. The van der Waals surface area contributed by atoms with Crippen molar-refractivity contribution >= 4 is 17.3 Å². The molecule has 1 heterocycles. The predicted octanol–water partition coefficient (Wildman–Crippen LogP) is 2.55. The summed E-state index contributed by atoms with van der Waals surface area (Å²) in [7, 11) is 0. The summed E-state index contributed by atoms with van der Waals surface area (Å²) in [5, 5.41) is 10.3. The number of rotatable bonds is 3. The highest BCUT2D eigenvalue weighted by Crippen LogP contribution is 2.28. The van der Waals surface area contributed by atoms with Crippen molar-refractivity contribution in [3.8, 4) is 0 Å². The molecule has 3 rings (SSSR count). The Balaban J connectivity index is 2.01. The van der Waals surface area contributed by atoms with Crippen LogP contribution in [0.5, 0.6) is 0 Å². The largest absolute Gasteiger partial charge is 0.498 e. The van der Waals surface area contributed by atoms with Gasteiger partial charge in [-0.3, -0.25) is 0 Å². The smallest absolute Gasteiger partial charge is 0.431 e. The topological polar surface area (TPSA) is 58.8 Å². The monoisotopic (exact) mass is 286 g/mol. The second kappa shape index (κ2) is 5.44. The van der Waals surface area contributed by atoms with Gasteiger partial charge in [0.05, 0.1) is 11.3 Å². The van der Waals surface area contributed by atoms with Gasteiger partial charge in [0.2, 0.25) is 5.71 Å². The summed E-state index contributed by atoms with van der Waals surface area (Å²) < 4.78 is 6.63. The van der Waals surface area contributed by atoms with Gasteiger partial charge in [0.25, 0.3) is 0 Å². The van der Waals surface area contributed by atoms with E-state index in [0.29, 0.717) is 18.6 Å². The molecule has 0 amide bonds. The van der Waals surface area contributed by atoms with Crippen LogP contribution in [0.3, 0.4) is 0 Å². The number of carbonyl (C=O) groups excluding carboxylic acids is 1. The number of hydrogen-bond acceptors (Lipinski definition) is 4. The van der Waals surface area contributed by atoms with Crippen molar-refractivity contribution in [3.63, 3.8) is 0 Å². The molecule has 0 fully saturated rings. The van der Waals surface area contributed by atoms with Crippen molar-refractivity contribution in [2.45, 2.75) is 19.8 Å². The molecule has 1 aromatic rings. The summed E-state index contributed by atoms with van der Waals surface area (Å²) >= 11 is 0. The number of allylic oxidation sites excluding steroid dienone is 2. The third kappa shape index (κ3) is 2.42. The second-order valence-electron chi connectivity index (χ2n) is 4.77. The summed E-state index contributed by atoms with van der Waals surface area (Å²) in [6.07, 6.45) is 3.21. The van der Waals surface area contributed by atoms with E-state index in [2.05, 4.69) is 0 Å². The number of ether oxygens (including phenoxy) is 1. The van der Waals surface area contributed by atoms with E-state index in [1.807, 2.05) is 13.0 Å². The summed E-state index contributed by atoms with van der Waals surface area (Å²) in [6.45, 7) is 2.51. The van der Waals surface area contributed by atoms with Gasteiger partial charge in [-0.2, -0.15) is 4.84 Å². The molecule has 0 unspecified atom stereocenters. The molecule has 0 bridgehead atoms. The van der Waals surface area contributed by atoms with Crippen molar-refractivity contribution in [2.24, 2.45) is 0 Å². The molecular weight excluding hydrogens is 270 g/mol. The first-order valence-electron chi connectivity index (χ1n) is 6.91.